The van der Waals surface area contributed by atoms with E-state index in [4.69, 9.17) is 4.74 Å². The van der Waals surface area contributed by atoms with Gasteiger partial charge in [0.2, 0.25) is 5.88 Å². The second-order valence-electron chi connectivity index (χ2n) is 9.51. The fourth-order valence-electron chi connectivity index (χ4n) is 4.74. The number of pyridine rings is 1. The Kier molecular flexibility index (Phi) is 7.81. The van der Waals surface area contributed by atoms with Gasteiger partial charge < -0.3 is 14.5 Å². The van der Waals surface area contributed by atoms with Crippen molar-refractivity contribution in [2.24, 2.45) is 0 Å². The smallest absolute Gasteiger partial charge is 0.417 e. The quantitative estimate of drug-likeness (QED) is 0.257. The summed E-state index contributed by atoms with van der Waals surface area (Å²) in [6.07, 6.45) is -3.27. The molecule has 2 heterocycles. The van der Waals surface area contributed by atoms with E-state index in [-0.39, 0.29) is 17.9 Å². The molecule has 1 aliphatic rings. The van der Waals surface area contributed by atoms with E-state index < -0.39 is 11.7 Å². The van der Waals surface area contributed by atoms with Crippen LogP contribution < -0.4 is 9.64 Å². The molecular weight excluding hydrogens is 503 g/mol. The van der Waals surface area contributed by atoms with Crippen LogP contribution >= 0.6 is 0 Å². The summed E-state index contributed by atoms with van der Waals surface area (Å²) in [5.41, 5.74) is 2.67. The Morgan fingerprint density at radius 1 is 0.872 bits per heavy atom. The maximum Gasteiger partial charge on any atom is 0.417 e. The Morgan fingerprint density at radius 2 is 1.49 bits per heavy atom. The van der Waals surface area contributed by atoms with Crippen LogP contribution in [0.15, 0.2) is 103 Å². The molecule has 0 unspecified atom stereocenters. The zero-order valence-corrected chi connectivity index (χ0v) is 21.2. The number of para-hydroxylation sites is 1. The highest BCUT2D eigenvalue weighted by Crippen LogP contribution is 2.31. The number of benzene rings is 3. The van der Waals surface area contributed by atoms with Crippen LogP contribution in [0.5, 0.6) is 5.88 Å². The molecule has 0 spiro atoms. The molecule has 3 aromatic carbocycles. The number of nitrogens with zero attached hydrogens (tertiary/aromatic N) is 3. The highest BCUT2D eigenvalue weighted by atomic mass is 19.4. The molecule has 0 N–H and O–H groups in total. The van der Waals surface area contributed by atoms with Crippen molar-refractivity contribution in [3.8, 4) is 5.88 Å². The summed E-state index contributed by atoms with van der Waals surface area (Å²) >= 11 is 0. The largest absolute Gasteiger partial charge is 0.472 e. The predicted octanol–water partition coefficient (Wildman–Crippen LogP) is 6.60. The highest BCUT2D eigenvalue weighted by Gasteiger charge is 2.32. The van der Waals surface area contributed by atoms with Crippen molar-refractivity contribution in [3.63, 3.8) is 0 Å². The summed E-state index contributed by atoms with van der Waals surface area (Å²) in [5, 5.41) is 0. The van der Waals surface area contributed by atoms with Crippen molar-refractivity contribution in [1.29, 1.82) is 0 Å². The lowest BCUT2D eigenvalue weighted by molar-refractivity contribution is -0.137. The third-order valence-electron chi connectivity index (χ3n) is 6.69. The molecule has 1 aromatic heterocycles. The number of hydrogen-bond acceptors (Lipinski definition) is 4. The van der Waals surface area contributed by atoms with E-state index in [0.717, 1.165) is 29.1 Å². The third-order valence-corrected chi connectivity index (χ3v) is 6.69. The van der Waals surface area contributed by atoms with Crippen molar-refractivity contribution >= 4 is 11.6 Å². The second-order valence-corrected chi connectivity index (χ2v) is 9.51. The summed E-state index contributed by atoms with van der Waals surface area (Å²) in [4.78, 5) is 21.8. The second kappa shape index (κ2) is 11.6. The number of alkyl halides is 3. The number of rotatable bonds is 8. The highest BCUT2D eigenvalue weighted by molar-refractivity contribution is 5.99. The Morgan fingerprint density at radius 3 is 2.08 bits per heavy atom. The molecule has 0 radical (unpaired) electrons. The Labute approximate surface area is 225 Å². The van der Waals surface area contributed by atoms with Crippen LogP contribution in [0.2, 0.25) is 0 Å². The van der Waals surface area contributed by atoms with Crippen molar-refractivity contribution < 1.29 is 22.7 Å². The Bertz CT molecular complexity index is 1340. The minimum atomic E-state index is -4.44. The van der Waals surface area contributed by atoms with Gasteiger partial charge in [-0.2, -0.15) is 13.2 Å². The van der Waals surface area contributed by atoms with Gasteiger partial charge in [0.25, 0.3) is 5.91 Å². The normalized spacial score (nSPS) is 15.3. The van der Waals surface area contributed by atoms with Gasteiger partial charge in [0.15, 0.2) is 0 Å². The van der Waals surface area contributed by atoms with Crippen LogP contribution in [0.1, 0.15) is 33.5 Å². The topological polar surface area (TPSA) is 45.7 Å². The molecule has 39 heavy (non-hydrogen) atoms. The van der Waals surface area contributed by atoms with Crippen LogP contribution in [0.3, 0.4) is 0 Å². The average molecular weight is 532 g/mol. The maximum atomic E-state index is 14.0. The lowest BCUT2D eigenvalue weighted by Crippen LogP contribution is -2.32. The summed E-state index contributed by atoms with van der Waals surface area (Å²) < 4.78 is 44.4. The molecule has 200 valence electrons. The molecule has 5 nitrogen and oxygen atoms in total. The van der Waals surface area contributed by atoms with Crippen LogP contribution in [-0.4, -0.2) is 35.0 Å². The van der Waals surface area contributed by atoms with Gasteiger partial charge in [-0.25, -0.2) is 4.98 Å². The SMILES string of the molecule is O=C(c1ccccc1N1CC[C@@H](Oc2ccc(C(F)(F)F)cn2)C1)N(Cc1ccccc1)Cc1ccccc1. The van der Waals surface area contributed by atoms with Crippen LogP contribution in [0.25, 0.3) is 0 Å². The van der Waals surface area contributed by atoms with Gasteiger partial charge in [-0.05, 0) is 29.3 Å². The molecule has 1 amide bonds. The molecule has 1 saturated heterocycles. The fraction of sp³-hybridized carbons (Fsp3) is 0.226. The summed E-state index contributed by atoms with van der Waals surface area (Å²) in [6.45, 7) is 2.07. The number of amides is 1. The first-order valence-corrected chi connectivity index (χ1v) is 12.8. The van der Waals surface area contributed by atoms with Gasteiger partial charge in [0.1, 0.15) is 6.10 Å². The summed E-state index contributed by atoms with van der Waals surface area (Å²) in [5.74, 6) is 0.0724. The van der Waals surface area contributed by atoms with Gasteiger partial charge in [-0.3, -0.25) is 4.79 Å². The van der Waals surface area contributed by atoms with E-state index in [2.05, 4.69) is 9.88 Å². The van der Waals surface area contributed by atoms with E-state index in [1.807, 2.05) is 89.8 Å². The van der Waals surface area contributed by atoms with E-state index in [9.17, 15) is 18.0 Å². The van der Waals surface area contributed by atoms with Gasteiger partial charge in [0.05, 0.1) is 17.7 Å². The lowest BCUT2D eigenvalue weighted by atomic mass is 10.1. The van der Waals surface area contributed by atoms with E-state index in [0.29, 0.717) is 38.2 Å². The van der Waals surface area contributed by atoms with E-state index in [1.54, 1.807) is 0 Å². The Balaban J connectivity index is 1.33. The number of halogens is 3. The average Bonchev–Trinajstić information content (AvgIpc) is 3.41. The first-order valence-electron chi connectivity index (χ1n) is 12.8. The lowest BCUT2D eigenvalue weighted by Gasteiger charge is -2.27. The van der Waals surface area contributed by atoms with Crippen molar-refractivity contribution in [2.75, 3.05) is 18.0 Å². The first-order chi connectivity index (χ1) is 18.9. The van der Waals surface area contributed by atoms with E-state index in [1.165, 1.54) is 6.07 Å². The zero-order chi connectivity index (χ0) is 27.2. The maximum absolute atomic E-state index is 14.0. The molecule has 1 fully saturated rings. The molecule has 5 rings (SSSR count). The van der Waals surface area contributed by atoms with Crippen LogP contribution in [-0.2, 0) is 19.3 Å². The summed E-state index contributed by atoms with van der Waals surface area (Å²) in [6, 6.07) is 29.5. The van der Waals surface area contributed by atoms with Gasteiger partial charge in [-0.15, -0.1) is 0 Å². The number of ether oxygens (including phenoxy) is 1. The molecule has 0 aliphatic carbocycles. The zero-order valence-electron chi connectivity index (χ0n) is 21.2. The summed E-state index contributed by atoms with van der Waals surface area (Å²) in [7, 11) is 0. The van der Waals surface area contributed by atoms with Crippen molar-refractivity contribution in [2.45, 2.75) is 31.8 Å². The minimum absolute atomic E-state index is 0.0768. The third kappa shape index (κ3) is 6.57. The standard InChI is InChI=1S/C31H28F3N3O2/c32-31(33,34)25-15-16-29(35-19-25)39-26-17-18-36(22-26)28-14-8-7-13-27(28)30(38)37(20-23-9-3-1-4-10-23)21-24-11-5-2-6-12-24/h1-16,19,26H,17-18,20-22H2/t26-/m1/s1. The predicted molar refractivity (Wildman–Crippen MR) is 143 cm³/mol. The number of carbonyl (C=O) groups excluding carboxylic acids is 1. The molecule has 4 aromatic rings. The minimum Gasteiger partial charge on any atom is -0.472 e. The van der Waals surface area contributed by atoms with Gasteiger partial charge >= 0.3 is 6.18 Å². The monoisotopic (exact) mass is 531 g/mol. The van der Waals surface area contributed by atoms with Gasteiger partial charge in [-0.1, -0.05) is 72.8 Å². The molecular formula is C31H28F3N3O2. The Hall–Kier alpha value is -4.33. The number of hydrogen-bond donors (Lipinski definition) is 0. The van der Waals surface area contributed by atoms with E-state index >= 15 is 0 Å². The number of aromatic nitrogens is 1. The molecule has 8 heteroatoms. The first kappa shape index (κ1) is 26.3. The number of carbonyl (C=O) groups is 1. The fourth-order valence-corrected chi connectivity index (χ4v) is 4.74. The van der Waals surface area contributed by atoms with Crippen LogP contribution in [0.4, 0.5) is 18.9 Å². The molecule has 1 atom stereocenters. The van der Waals surface area contributed by atoms with Gasteiger partial charge in [0, 0.05) is 44.0 Å². The van der Waals surface area contributed by atoms with Crippen molar-refractivity contribution in [3.05, 3.63) is 126 Å². The molecule has 0 saturated carbocycles. The van der Waals surface area contributed by atoms with Crippen molar-refractivity contribution in [1.82, 2.24) is 9.88 Å². The van der Waals surface area contributed by atoms with Crippen LogP contribution in [0, 0.1) is 0 Å². The number of anilines is 1. The molecule has 0 bridgehead atoms. The molecule has 1 aliphatic heterocycles.